The largest absolute Gasteiger partial charge is 0.348 e. The van der Waals surface area contributed by atoms with Gasteiger partial charge in [-0.2, -0.15) is 5.26 Å². The van der Waals surface area contributed by atoms with Crippen LogP contribution < -0.4 is 10.6 Å². The topological polar surface area (TPSA) is 82.0 Å². The number of benzene rings is 3. The van der Waals surface area contributed by atoms with Crippen molar-refractivity contribution in [2.24, 2.45) is 0 Å². The van der Waals surface area contributed by atoms with Crippen LogP contribution >= 0.6 is 0 Å². The molecule has 0 fully saturated rings. The Morgan fingerprint density at radius 1 is 0.893 bits per heavy atom. The highest BCUT2D eigenvalue weighted by molar-refractivity contribution is 6.06. The summed E-state index contributed by atoms with van der Waals surface area (Å²) in [5.74, 6) is -1.11. The van der Waals surface area contributed by atoms with Gasteiger partial charge < -0.3 is 10.6 Å². The van der Waals surface area contributed by atoms with Crippen molar-refractivity contribution in [3.05, 3.63) is 101 Å². The van der Waals surface area contributed by atoms with Gasteiger partial charge in [0, 0.05) is 17.7 Å². The number of nitriles is 1. The van der Waals surface area contributed by atoms with Gasteiger partial charge in [-0.15, -0.1) is 0 Å². The maximum Gasteiger partial charge on any atom is 0.255 e. The molecule has 138 valence electrons. The van der Waals surface area contributed by atoms with E-state index in [0.29, 0.717) is 22.4 Å². The van der Waals surface area contributed by atoms with E-state index in [9.17, 15) is 14.0 Å². The molecule has 0 aromatic heterocycles. The Morgan fingerprint density at radius 2 is 1.57 bits per heavy atom. The number of halogens is 1. The lowest BCUT2D eigenvalue weighted by molar-refractivity contribution is 0.0951. The molecule has 0 bridgehead atoms. The number of nitrogens with one attached hydrogen (secondary N) is 2. The highest BCUT2D eigenvalue weighted by atomic mass is 19.1. The van der Waals surface area contributed by atoms with Crippen LogP contribution in [0, 0.1) is 17.1 Å². The number of hydrogen-bond donors (Lipinski definition) is 2. The first-order valence-electron chi connectivity index (χ1n) is 8.50. The lowest BCUT2D eigenvalue weighted by Gasteiger charge is -2.09. The fourth-order valence-electron chi connectivity index (χ4n) is 2.57. The molecular formula is C22H16FN3O2. The van der Waals surface area contributed by atoms with Crippen molar-refractivity contribution in [2.75, 3.05) is 5.32 Å². The van der Waals surface area contributed by atoms with Gasteiger partial charge in [0.1, 0.15) is 11.9 Å². The van der Waals surface area contributed by atoms with Crippen molar-refractivity contribution < 1.29 is 14.0 Å². The first-order chi connectivity index (χ1) is 13.6. The van der Waals surface area contributed by atoms with Crippen LogP contribution in [0.15, 0.2) is 72.8 Å². The first-order valence-corrected chi connectivity index (χ1v) is 8.50. The molecule has 0 atom stereocenters. The van der Waals surface area contributed by atoms with Gasteiger partial charge in [0.05, 0.1) is 11.3 Å². The summed E-state index contributed by atoms with van der Waals surface area (Å²) in [6.07, 6.45) is 0. The van der Waals surface area contributed by atoms with Gasteiger partial charge in [-0.05, 0) is 48.0 Å². The first kappa shape index (κ1) is 18.8. The van der Waals surface area contributed by atoms with E-state index in [0.717, 1.165) is 5.56 Å². The minimum atomic E-state index is -0.420. The number of carbonyl (C=O) groups is 2. The van der Waals surface area contributed by atoms with Gasteiger partial charge in [0.25, 0.3) is 11.8 Å². The number of nitrogens with zero attached hydrogens (tertiary/aromatic N) is 1. The van der Waals surface area contributed by atoms with Crippen molar-refractivity contribution in [2.45, 2.75) is 6.54 Å². The van der Waals surface area contributed by atoms with E-state index in [2.05, 4.69) is 10.6 Å². The van der Waals surface area contributed by atoms with Gasteiger partial charge in [-0.3, -0.25) is 9.59 Å². The Bertz CT molecular complexity index is 1060. The SMILES string of the molecule is N#Cc1ccccc1NC(=O)c1cccc(C(=O)NCc2ccc(F)cc2)c1. The molecule has 2 amide bonds. The molecule has 0 unspecified atom stereocenters. The van der Waals surface area contributed by atoms with Crippen LogP contribution in [-0.2, 0) is 6.54 Å². The highest BCUT2D eigenvalue weighted by Crippen LogP contribution is 2.15. The second kappa shape index (κ2) is 8.60. The fourth-order valence-corrected chi connectivity index (χ4v) is 2.57. The number of para-hydroxylation sites is 1. The molecule has 0 heterocycles. The molecule has 5 nitrogen and oxygen atoms in total. The molecule has 0 spiro atoms. The Hall–Kier alpha value is -3.98. The van der Waals surface area contributed by atoms with Crippen LogP contribution in [0.4, 0.5) is 10.1 Å². The van der Waals surface area contributed by atoms with Gasteiger partial charge in [-0.25, -0.2) is 4.39 Å². The molecule has 0 saturated carbocycles. The van der Waals surface area contributed by atoms with Crippen LogP contribution in [0.25, 0.3) is 0 Å². The standard InChI is InChI=1S/C22H16FN3O2/c23-19-10-8-15(9-11-19)14-25-21(27)16-5-3-6-17(12-16)22(28)26-20-7-2-1-4-18(20)13-24/h1-12H,14H2,(H,25,27)(H,26,28). The normalized spacial score (nSPS) is 10.0. The average molecular weight is 373 g/mol. The van der Waals surface area contributed by atoms with Gasteiger partial charge >= 0.3 is 0 Å². The van der Waals surface area contributed by atoms with Crippen LogP contribution in [-0.4, -0.2) is 11.8 Å². The summed E-state index contributed by atoms with van der Waals surface area (Å²) in [7, 11) is 0. The molecule has 3 aromatic carbocycles. The maximum atomic E-state index is 12.9. The Balaban J connectivity index is 1.69. The zero-order chi connectivity index (χ0) is 19.9. The Morgan fingerprint density at radius 3 is 2.29 bits per heavy atom. The fraction of sp³-hybridized carbons (Fsp3) is 0.0455. The minimum Gasteiger partial charge on any atom is -0.348 e. The molecule has 0 aliphatic heterocycles. The van der Waals surface area contributed by atoms with Crippen molar-refractivity contribution in [3.63, 3.8) is 0 Å². The Labute approximate surface area is 161 Å². The highest BCUT2D eigenvalue weighted by Gasteiger charge is 2.12. The molecule has 6 heteroatoms. The van der Waals surface area contributed by atoms with Crippen molar-refractivity contribution in [3.8, 4) is 6.07 Å². The quantitative estimate of drug-likeness (QED) is 0.712. The van der Waals surface area contributed by atoms with Crippen molar-refractivity contribution >= 4 is 17.5 Å². The van der Waals surface area contributed by atoms with E-state index in [1.54, 1.807) is 54.6 Å². The molecule has 0 radical (unpaired) electrons. The van der Waals surface area contributed by atoms with Gasteiger partial charge in [0.15, 0.2) is 0 Å². The van der Waals surface area contributed by atoms with Gasteiger partial charge in [0.2, 0.25) is 0 Å². The van der Waals surface area contributed by atoms with Crippen molar-refractivity contribution in [1.29, 1.82) is 5.26 Å². The van der Waals surface area contributed by atoms with Crippen LogP contribution in [0.3, 0.4) is 0 Å². The van der Waals surface area contributed by atoms with Crippen LogP contribution in [0.1, 0.15) is 31.8 Å². The summed E-state index contributed by atoms with van der Waals surface area (Å²) in [6, 6.07) is 20.8. The molecule has 0 saturated heterocycles. The predicted molar refractivity (Wildman–Crippen MR) is 103 cm³/mol. The van der Waals surface area contributed by atoms with Gasteiger partial charge in [-0.1, -0.05) is 30.3 Å². The predicted octanol–water partition coefficient (Wildman–Crippen LogP) is 3.88. The summed E-state index contributed by atoms with van der Waals surface area (Å²) in [4.78, 5) is 24.8. The van der Waals surface area contributed by atoms with E-state index in [1.165, 1.54) is 18.2 Å². The van der Waals surface area contributed by atoms with E-state index in [-0.39, 0.29) is 18.3 Å². The number of rotatable bonds is 5. The van der Waals surface area contributed by atoms with E-state index in [4.69, 9.17) is 5.26 Å². The second-order valence-corrected chi connectivity index (χ2v) is 6.00. The maximum absolute atomic E-state index is 12.9. The monoisotopic (exact) mass is 373 g/mol. The van der Waals surface area contributed by atoms with E-state index >= 15 is 0 Å². The second-order valence-electron chi connectivity index (χ2n) is 6.00. The molecule has 2 N–H and O–H groups in total. The third kappa shape index (κ3) is 4.59. The molecular weight excluding hydrogens is 357 g/mol. The Kier molecular flexibility index (Phi) is 5.78. The van der Waals surface area contributed by atoms with Crippen LogP contribution in [0.2, 0.25) is 0 Å². The minimum absolute atomic E-state index is 0.241. The summed E-state index contributed by atoms with van der Waals surface area (Å²) in [6.45, 7) is 0.241. The molecule has 0 aliphatic carbocycles. The van der Waals surface area contributed by atoms with Crippen LogP contribution in [0.5, 0.6) is 0 Å². The molecule has 3 rings (SSSR count). The van der Waals surface area contributed by atoms with E-state index < -0.39 is 5.91 Å². The zero-order valence-electron chi connectivity index (χ0n) is 14.8. The average Bonchev–Trinajstić information content (AvgIpc) is 2.73. The molecule has 3 aromatic rings. The number of anilines is 1. The molecule has 0 aliphatic rings. The third-order valence-corrected chi connectivity index (χ3v) is 4.05. The lowest BCUT2D eigenvalue weighted by Crippen LogP contribution is -2.23. The zero-order valence-corrected chi connectivity index (χ0v) is 14.8. The number of carbonyl (C=O) groups excluding carboxylic acids is 2. The summed E-state index contributed by atoms with van der Waals surface area (Å²) < 4.78 is 12.9. The summed E-state index contributed by atoms with van der Waals surface area (Å²) >= 11 is 0. The summed E-state index contributed by atoms with van der Waals surface area (Å²) in [5, 5.41) is 14.5. The van der Waals surface area contributed by atoms with E-state index in [1.807, 2.05) is 6.07 Å². The number of hydrogen-bond acceptors (Lipinski definition) is 3. The lowest BCUT2D eigenvalue weighted by atomic mass is 10.1. The molecule has 28 heavy (non-hydrogen) atoms. The number of amides is 2. The smallest absolute Gasteiger partial charge is 0.255 e. The third-order valence-electron chi connectivity index (χ3n) is 4.05. The summed E-state index contributed by atoms with van der Waals surface area (Å²) in [5.41, 5.74) is 2.13. The van der Waals surface area contributed by atoms with Crippen molar-refractivity contribution in [1.82, 2.24) is 5.32 Å².